The zero-order valence-electron chi connectivity index (χ0n) is 29.3. The van der Waals surface area contributed by atoms with Crippen molar-refractivity contribution in [2.45, 2.75) is 0 Å². The molecule has 12 bridgehead atoms. The lowest BCUT2D eigenvalue weighted by Crippen LogP contribution is -1.94. The Morgan fingerprint density at radius 3 is 1.20 bits per heavy atom. The highest BCUT2D eigenvalue weighted by molar-refractivity contribution is 7.25. The summed E-state index contributed by atoms with van der Waals surface area (Å²) in [5, 5.41) is 10.2. The van der Waals surface area contributed by atoms with E-state index in [9.17, 15) is 0 Å². The van der Waals surface area contributed by atoms with Gasteiger partial charge in [-0.25, -0.2) is 29.9 Å². The Morgan fingerprint density at radius 2 is 0.691 bits per heavy atom. The van der Waals surface area contributed by atoms with E-state index in [1.54, 1.807) is 11.3 Å². The molecule has 0 fully saturated rings. The second kappa shape index (κ2) is 12.7. The summed E-state index contributed by atoms with van der Waals surface area (Å²) in [4.78, 5) is 30.5. The molecule has 11 aromatic rings. The van der Waals surface area contributed by atoms with Crippen LogP contribution in [0.25, 0.3) is 109 Å². The molecule has 0 saturated carbocycles. The second-order valence-corrected chi connectivity index (χ2v) is 14.7. The van der Waals surface area contributed by atoms with Gasteiger partial charge in [-0.2, -0.15) is 0 Å². The molecule has 0 N–H and O–H groups in total. The molecule has 0 amide bonds. The molecular formula is C48H28N6S. The molecule has 6 nitrogen and oxygen atoms in total. The normalized spacial score (nSPS) is 11.6. The van der Waals surface area contributed by atoms with E-state index in [1.165, 1.54) is 20.2 Å². The summed E-state index contributed by atoms with van der Waals surface area (Å²) < 4.78 is 2.46. The van der Waals surface area contributed by atoms with Crippen molar-refractivity contribution < 1.29 is 0 Å². The average Bonchev–Trinajstić information content (AvgIpc) is 3.64. The third-order valence-electron chi connectivity index (χ3n) is 10.1. The van der Waals surface area contributed by atoms with E-state index in [0.29, 0.717) is 34.2 Å². The number of rotatable bonds is 2. The fourth-order valence-electron chi connectivity index (χ4n) is 7.33. The van der Waals surface area contributed by atoms with E-state index in [0.717, 1.165) is 54.2 Å². The fraction of sp³-hybridized carbons (Fsp3) is 0. The summed E-state index contributed by atoms with van der Waals surface area (Å²) in [6.45, 7) is 0. The van der Waals surface area contributed by atoms with Crippen LogP contribution in [-0.4, -0.2) is 29.9 Å². The van der Waals surface area contributed by atoms with E-state index in [-0.39, 0.29) is 0 Å². The van der Waals surface area contributed by atoms with E-state index < -0.39 is 0 Å². The van der Waals surface area contributed by atoms with Crippen LogP contribution < -0.4 is 0 Å². The second-order valence-electron chi connectivity index (χ2n) is 13.6. The van der Waals surface area contributed by atoms with Crippen LogP contribution in [0.2, 0.25) is 0 Å². The highest BCUT2D eigenvalue weighted by Crippen LogP contribution is 2.36. The summed E-state index contributed by atoms with van der Waals surface area (Å²) >= 11 is 1.79. The lowest BCUT2D eigenvalue weighted by atomic mass is 10.1. The Morgan fingerprint density at radius 1 is 0.273 bits per heavy atom. The van der Waals surface area contributed by atoms with Crippen LogP contribution in [0.4, 0.5) is 0 Å². The van der Waals surface area contributed by atoms with E-state index in [2.05, 4.69) is 140 Å². The van der Waals surface area contributed by atoms with Gasteiger partial charge in [-0.15, -0.1) is 11.3 Å². The average molecular weight is 721 g/mol. The molecule has 0 aliphatic rings. The van der Waals surface area contributed by atoms with Crippen LogP contribution in [0.3, 0.4) is 0 Å². The molecule has 4 aromatic heterocycles. The molecule has 55 heavy (non-hydrogen) atoms. The molecular weight excluding hydrogens is 693 g/mol. The highest BCUT2D eigenvalue weighted by Gasteiger charge is 2.11. The predicted octanol–water partition coefficient (Wildman–Crippen LogP) is 12.4. The van der Waals surface area contributed by atoms with Gasteiger partial charge in [0.05, 0.1) is 0 Å². The first kappa shape index (κ1) is 31.3. The van der Waals surface area contributed by atoms with Gasteiger partial charge in [0, 0.05) is 52.8 Å². The summed E-state index contributed by atoms with van der Waals surface area (Å²) in [5.41, 5.74) is 4.31. The van der Waals surface area contributed by atoms with Crippen LogP contribution in [0, 0.1) is 0 Å². The molecule has 7 heteroatoms. The molecule has 0 aliphatic carbocycles. The first-order valence-electron chi connectivity index (χ1n) is 18.1. The van der Waals surface area contributed by atoms with Crippen molar-refractivity contribution in [3.63, 3.8) is 0 Å². The monoisotopic (exact) mass is 720 g/mol. The standard InChI is InChI=1S/C48H28N6S/c1-2-10-29(11-3-1)43-49-44-34-16-6-12-30(24-34)32-14-8-18-36(26-32)46-52-47(37-19-9-15-33(27-37)31-13-7-17-35(25-31)45(50-43)51-44)54-48(53-46)38-22-23-40-39-20-4-5-21-41(39)55-42(40)28-38/h1-28H. The van der Waals surface area contributed by atoms with Crippen molar-refractivity contribution in [3.8, 4) is 22.8 Å². The molecule has 11 rings (SSSR count). The van der Waals surface area contributed by atoms with Crippen LogP contribution >= 0.6 is 11.3 Å². The fourth-order valence-corrected chi connectivity index (χ4v) is 8.48. The molecule has 0 aliphatic heterocycles. The number of hydrogen-bond acceptors (Lipinski definition) is 7. The predicted molar refractivity (Wildman–Crippen MR) is 228 cm³/mol. The topological polar surface area (TPSA) is 77.3 Å². The van der Waals surface area contributed by atoms with Gasteiger partial charge < -0.3 is 0 Å². The smallest absolute Gasteiger partial charge is 0.164 e. The SMILES string of the molecule is c1ccc(-c2nc3nc(n2)c2cccc(c2)c2cccc(c2)c2nc(-c4ccc5c(c4)sc4ccccc45)nc(n2)c2cccc(c2)c2cccc3c2)cc1. The van der Waals surface area contributed by atoms with Gasteiger partial charge in [-0.3, -0.25) is 0 Å². The van der Waals surface area contributed by atoms with Gasteiger partial charge in [0.25, 0.3) is 0 Å². The number of thiophene rings is 1. The lowest BCUT2D eigenvalue weighted by Gasteiger charge is -2.05. The maximum atomic E-state index is 5.14. The molecule has 0 radical (unpaired) electrons. The zero-order valence-corrected chi connectivity index (χ0v) is 30.1. The maximum absolute atomic E-state index is 5.14. The minimum absolute atomic E-state index is 0.609. The van der Waals surface area contributed by atoms with Gasteiger partial charge in [-0.1, -0.05) is 133 Å². The third kappa shape index (κ3) is 5.66. The van der Waals surface area contributed by atoms with Crippen molar-refractivity contribution >= 4 is 97.2 Å². The van der Waals surface area contributed by atoms with Crippen molar-refractivity contribution in [3.05, 3.63) is 170 Å². The Kier molecular flexibility index (Phi) is 7.25. The van der Waals surface area contributed by atoms with Gasteiger partial charge in [0.2, 0.25) is 0 Å². The van der Waals surface area contributed by atoms with Crippen LogP contribution in [0.15, 0.2) is 170 Å². The van der Waals surface area contributed by atoms with Crippen molar-refractivity contribution in [1.82, 2.24) is 29.9 Å². The number of nitrogens with zero attached hydrogens (tertiary/aromatic N) is 6. The van der Waals surface area contributed by atoms with Crippen LogP contribution in [-0.2, 0) is 0 Å². The van der Waals surface area contributed by atoms with Gasteiger partial charge in [-0.05, 0) is 57.9 Å². The number of fused-ring (bicyclic) bond motifs is 21. The first-order valence-corrected chi connectivity index (χ1v) is 18.9. The highest BCUT2D eigenvalue weighted by atomic mass is 32.1. The van der Waals surface area contributed by atoms with Crippen molar-refractivity contribution in [2.75, 3.05) is 0 Å². The minimum atomic E-state index is 0.609. The molecule has 7 aromatic carbocycles. The Balaban J connectivity index is 1.25. The largest absolute Gasteiger partial charge is 0.208 e. The molecule has 256 valence electrons. The van der Waals surface area contributed by atoms with Gasteiger partial charge >= 0.3 is 0 Å². The number of benzene rings is 7. The Hall–Kier alpha value is -7.22. The Bertz CT molecular complexity index is 3300. The summed E-state index contributed by atoms with van der Waals surface area (Å²) in [7, 11) is 0. The molecule has 0 spiro atoms. The maximum Gasteiger partial charge on any atom is 0.164 e. The first-order chi connectivity index (χ1) is 27.2. The van der Waals surface area contributed by atoms with Crippen LogP contribution in [0.1, 0.15) is 0 Å². The zero-order chi connectivity index (χ0) is 36.3. The van der Waals surface area contributed by atoms with Gasteiger partial charge in [0.1, 0.15) is 0 Å². The summed E-state index contributed by atoms with van der Waals surface area (Å²) in [6, 6.07) is 58.6. The van der Waals surface area contributed by atoms with E-state index >= 15 is 0 Å². The number of aromatic nitrogens is 6. The molecule has 4 heterocycles. The van der Waals surface area contributed by atoms with Crippen molar-refractivity contribution in [1.29, 1.82) is 0 Å². The summed E-state index contributed by atoms with van der Waals surface area (Å²) in [6.07, 6.45) is 0. The van der Waals surface area contributed by atoms with E-state index in [4.69, 9.17) is 29.9 Å². The van der Waals surface area contributed by atoms with E-state index in [1.807, 2.05) is 30.3 Å². The third-order valence-corrected chi connectivity index (χ3v) is 11.2. The lowest BCUT2D eigenvalue weighted by molar-refractivity contribution is 1.18. The molecule has 0 unspecified atom stereocenters. The molecule has 0 atom stereocenters. The van der Waals surface area contributed by atoms with Crippen LogP contribution in [0.5, 0.6) is 0 Å². The summed E-state index contributed by atoms with van der Waals surface area (Å²) in [5.74, 6) is 1.25. The minimum Gasteiger partial charge on any atom is -0.208 e. The quantitative estimate of drug-likeness (QED) is 0.177. The van der Waals surface area contributed by atoms with Crippen molar-refractivity contribution in [2.24, 2.45) is 0 Å². The number of hydrogen-bond donors (Lipinski definition) is 0. The Labute approximate surface area is 318 Å². The van der Waals surface area contributed by atoms with Gasteiger partial charge in [0.15, 0.2) is 34.2 Å². The molecule has 0 saturated heterocycles.